The summed E-state index contributed by atoms with van der Waals surface area (Å²) in [5.74, 6) is -0.485. The molecule has 192 valence electrons. The van der Waals surface area contributed by atoms with Crippen molar-refractivity contribution in [2.24, 2.45) is 5.41 Å². The van der Waals surface area contributed by atoms with Crippen LogP contribution in [0.2, 0.25) is 0 Å². The number of hydrogen-bond acceptors (Lipinski definition) is 7. The van der Waals surface area contributed by atoms with E-state index in [1.807, 2.05) is 6.92 Å². The van der Waals surface area contributed by atoms with Crippen LogP contribution in [0.25, 0.3) is 0 Å². The zero-order chi connectivity index (χ0) is 26.2. The molecule has 2 bridgehead atoms. The minimum atomic E-state index is -3.83. The number of nitrogens with zero attached hydrogens (tertiary/aromatic N) is 2. The van der Waals surface area contributed by atoms with Gasteiger partial charge in [0.15, 0.2) is 0 Å². The lowest BCUT2D eigenvalue weighted by Gasteiger charge is -2.62. The maximum atomic E-state index is 13.5. The molecule has 1 fully saturated rings. The molecule has 3 aliphatic heterocycles. The predicted molar refractivity (Wildman–Crippen MR) is 128 cm³/mol. The third-order valence-electron chi connectivity index (χ3n) is 7.59. The number of ether oxygens (including phenoxy) is 2. The predicted octanol–water partition coefficient (Wildman–Crippen LogP) is 3.58. The van der Waals surface area contributed by atoms with E-state index >= 15 is 0 Å². The van der Waals surface area contributed by atoms with Crippen molar-refractivity contribution in [2.75, 3.05) is 20.2 Å². The minimum absolute atomic E-state index is 0.0480. The lowest BCUT2D eigenvalue weighted by atomic mass is 9.56. The number of carbonyl (C=O) groups is 2. The summed E-state index contributed by atoms with van der Waals surface area (Å²) >= 11 is 0. The molecule has 1 aromatic rings. The van der Waals surface area contributed by atoms with E-state index in [-0.39, 0.29) is 24.4 Å². The van der Waals surface area contributed by atoms with Gasteiger partial charge in [-0.25, -0.2) is 13.2 Å². The SMILES string of the molecule is COC(=O)[C@]1(C)C[C@@]2(C)C3=C(CN(S(=O)(=O)c4ccc(C)cc4)C3)[C@@]1(C)ON2C(=O)OC(C)(C)C. The van der Waals surface area contributed by atoms with E-state index in [0.717, 1.165) is 11.1 Å². The second kappa shape index (κ2) is 7.78. The summed E-state index contributed by atoms with van der Waals surface area (Å²) in [7, 11) is -2.52. The van der Waals surface area contributed by atoms with Gasteiger partial charge in [-0.05, 0) is 78.2 Å². The van der Waals surface area contributed by atoms with Crippen molar-refractivity contribution in [3.63, 3.8) is 0 Å². The van der Waals surface area contributed by atoms with Crippen molar-refractivity contribution in [3.05, 3.63) is 41.0 Å². The van der Waals surface area contributed by atoms with E-state index in [0.29, 0.717) is 5.57 Å². The van der Waals surface area contributed by atoms with Crippen LogP contribution >= 0.6 is 0 Å². The number of carbonyl (C=O) groups excluding carboxylic acids is 2. The van der Waals surface area contributed by atoms with Gasteiger partial charge in [0.05, 0.1) is 17.5 Å². The van der Waals surface area contributed by atoms with Crippen LogP contribution in [-0.2, 0) is 29.1 Å². The highest BCUT2D eigenvalue weighted by atomic mass is 32.2. The van der Waals surface area contributed by atoms with Crippen LogP contribution in [0.5, 0.6) is 0 Å². The van der Waals surface area contributed by atoms with Crippen LogP contribution in [0.3, 0.4) is 0 Å². The number of aryl methyl sites for hydroxylation is 1. The van der Waals surface area contributed by atoms with Crippen LogP contribution in [-0.4, -0.2) is 66.8 Å². The molecule has 0 N–H and O–H groups in total. The Kier molecular flexibility index (Phi) is 5.71. The number of hydrogen-bond donors (Lipinski definition) is 0. The third kappa shape index (κ3) is 3.68. The van der Waals surface area contributed by atoms with Crippen molar-refractivity contribution < 1.29 is 32.3 Å². The van der Waals surface area contributed by atoms with Crippen molar-refractivity contribution >= 4 is 22.1 Å². The number of methoxy groups -OCH3 is 1. The summed E-state index contributed by atoms with van der Waals surface area (Å²) in [6.45, 7) is 12.5. The summed E-state index contributed by atoms with van der Waals surface area (Å²) in [5, 5.41) is 1.18. The molecule has 3 heterocycles. The van der Waals surface area contributed by atoms with Gasteiger partial charge in [0, 0.05) is 13.1 Å². The number of esters is 1. The fourth-order valence-electron chi connectivity index (χ4n) is 5.53. The van der Waals surface area contributed by atoms with Crippen LogP contribution in [0.4, 0.5) is 4.79 Å². The molecule has 3 atom stereocenters. The number of fused-ring (bicyclic) bond motifs is 2. The first-order valence-electron chi connectivity index (χ1n) is 11.6. The molecule has 4 aliphatic rings. The van der Waals surface area contributed by atoms with Gasteiger partial charge in [0.2, 0.25) is 10.0 Å². The van der Waals surface area contributed by atoms with Crippen molar-refractivity contribution in [1.82, 2.24) is 9.37 Å². The number of rotatable bonds is 3. The summed E-state index contributed by atoms with van der Waals surface area (Å²) in [5.41, 5.74) is -1.98. The molecular formula is C25H34N2O7S. The molecule has 0 spiro atoms. The topological polar surface area (TPSA) is 102 Å². The van der Waals surface area contributed by atoms with E-state index in [1.165, 1.54) is 16.5 Å². The Morgan fingerprint density at radius 2 is 1.60 bits per heavy atom. The van der Waals surface area contributed by atoms with Crippen LogP contribution in [0, 0.1) is 12.3 Å². The molecule has 1 aliphatic carbocycles. The Labute approximate surface area is 207 Å². The number of benzene rings is 1. The fraction of sp³-hybridized carbons (Fsp3) is 0.600. The van der Waals surface area contributed by atoms with E-state index in [9.17, 15) is 18.0 Å². The van der Waals surface area contributed by atoms with Gasteiger partial charge >= 0.3 is 12.1 Å². The largest absolute Gasteiger partial charge is 0.469 e. The van der Waals surface area contributed by atoms with E-state index < -0.39 is 44.2 Å². The molecule has 1 amide bonds. The highest BCUT2D eigenvalue weighted by Crippen LogP contribution is 2.62. The van der Waals surface area contributed by atoms with Gasteiger partial charge in [0.1, 0.15) is 16.6 Å². The smallest absolute Gasteiger partial charge is 0.435 e. The van der Waals surface area contributed by atoms with E-state index in [2.05, 4.69) is 0 Å². The van der Waals surface area contributed by atoms with Crippen LogP contribution in [0.1, 0.15) is 53.5 Å². The second-order valence-corrected chi connectivity index (χ2v) is 13.2. The summed E-state index contributed by atoms with van der Waals surface area (Å²) in [4.78, 5) is 32.8. The second-order valence-electron chi connectivity index (χ2n) is 11.2. The van der Waals surface area contributed by atoms with Crippen molar-refractivity contribution in [3.8, 4) is 0 Å². The normalized spacial score (nSPS) is 30.9. The number of hydroxylamine groups is 2. The fourth-order valence-corrected chi connectivity index (χ4v) is 6.90. The lowest BCUT2D eigenvalue weighted by molar-refractivity contribution is -0.323. The number of amides is 1. The zero-order valence-corrected chi connectivity index (χ0v) is 22.4. The van der Waals surface area contributed by atoms with Gasteiger partial charge in [-0.15, -0.1) is 0 Å². The van der Waals surface area contributed by atoms with Gasteiger partial charge in [-0.1, -0.05) is 17.7 Å². The average Bonchev–Trinajstić information content (AvgIpc) is 3.23. The summed E-state index contributed by atoms with van der Waals surface area (Å²) < 4.78 is 39.2. The first kappa shape index (κ1) is 25.7. The minimum Gasteiger partial charge on any atom is -0.469 e. The molecule has 5 rings (SSSR count). The average molecular weight is 507 g/mol. The Balaban J connectivity index is 1.80. The molecule has 10 heteroatoms. The molecule has 1 aromatic carbocycles. The van der Waals surface area contributed by atoms with Gasteiger partial charge in [0.25, 0.3) is 0 Å². The van der Waals surface area contributed by atoms with Gasteiger partial charge < -0.3 is 9.47 Å². The summed E-state index contributed by atoms with van der Waals surface area (Å²) in [6, 6.07) is 6.68. The standard InChI is InChI=1S/C25H34N2O7S/c1-16-9-11-17(12-10-16)35(30,31)26-13-18-19(14-26)25(7)23(5,20(28)32-8)15-24(18,6)27(34-25)21(29)33-22(2,3)4/h9-12H,13-15H2,1-8H3/t23-,24-,25+/m0/s1. The quantitative estimate of drug-likeness (QED) is 0.456. The van der Waals surface area contributed by atoms with Crippen molar-refractivity contribution in [2.45, 2.75) is 76.5 Å². The highest BCUT2D eigenvalue weighted by Gasteiger charge is 2.71. The van der Waals surface area contributed by atoms with Crippen LogP contribution in [0.15, 0.2) is 40.3 Å². The Morgan fingerprint density at radius 1 is 1.03 bits per heavy atom. The Hall–Kier alpha value is -2.43. The molecule has 1 saturated heterocycles. The maximum absolute atomic E-state index is 13.5. The molecule has 35 heavy (non-hydrogen) atoms. The molecule has 9 nitrogen and oxygen atoms in total. The van der Waals surface area contributed by atoms with Crippen molar-refractivity contribution in [1.29, 1.82) is 0 Å². The summed E-state index contributed by atoms with van der Waals surface area (Å²) in [6.07, 6.45) is -0.496. The molecule has 0 radical (unpaired) electrons. The highest BCUT2D eigenvalue weighted by molar-refractivity contribution is 7.89. The zero-order valence-electron chi connectivity index (χ0n) is 21.6. The first-order valence-corrected chi connectivity index (χ1v) is 13.0. The lowest BCUT2D eigenvalue weighted by Crippen LogP contribution is -2.73. The molecule has 0 saturated carbocycles. The Morgan fingerprint density at radius 3 is 2.14 bits per heavy atom. The Bertz CT molecular complexity index is 1220. The molecule has 0 unspecified atom stereocenters. The first-order chi connectivity index (χ1) is 16.0. The van der Waals surface area contributed by atoms with Gasteiger partial charge in [-0.3, -0.25) is 9.63 Å². The van der Waals surface area contributed by atoms with Gasteiger partial charge in [-0.2, -0.15) is 9.37 Å². The molecule has 0 aromatic heterocycles. The van der Waals surface area contributed by atoms with E-state index in [4.69, 9.17) is 14.3 Å². The third-order valence-corrected chi connectivity index (χ3v) is 9.39. The maximum Gasteiger partial charge on any atom is 0.435 e. The monoisotopic (exact) mass is 506 g/mol. The van der Waals surface area contributed by atoms with Crippen LogP contribution < -0.4 is 0 Å². The number of sulfonamides is 1. The molecular weight excluding hydrogens is 472 g/mol. The van der Waals surface area contributed by atoms with E-state index in [1.54, 1.807) is 65.8 Å².